The van der Waals surface area contributed by atoms with Gasteiger partial charge in [-0.25, -0.2) is 8.42 Å². The molecule has 0 bridgehead atoms. The number of anilines is 2. The number of hydrogen-bond acceptors (Lipinski definition) is 6. The van der Waals surface area contributed by atoms with Gasteiger partial charge in [0, 0.05) is 42.5 Å². The molecule has 4 aromatic rings. The van der Waals surface area contributed by atoms with Gasteiger partial charge in [-0.15, -0.1) is 0 Å². The van der Waals surface area contributed by atoms with Crippen LogP contribution in [0.5, 0.6) is 0 Å². The van der Waals surface area contributed by atoms with E-state index in [1.165, 1.54) is 0 Å². The molecular weight excluding hydrogens is 470 g/mol. The second-order valence-electron chi connectivity index (χ2n) is 8.21. The summed E-state index contributed by atoms with van der Waals surface area (Å²) in [5.74, 6) is 0.590. The van der Waals surface area contributed by atoms with Gasteiger partial charge in [0.15, 0.2) is 0 Å². The number of aromatic nitrogens is 1. The van der Waals surface area contributed by atoms with Gasteiger partial charge in [-0.2, -0.15) is 4.98 Å². The van der Waals surface area contributed by atoms with Crippen LogP contribution in [0.2, 0.25) is 5.02 Å². The monoisotopic (exact) mass is 493 g/mol. The van der Waals surface area contributed by atoms with Gasteiger partial charge in [0.05, 0.1) is 4.90 Å². The third-order valence-electron chi connectivity index (χ3n) is 6.00. The first-order valence-corrected chi connectivity index (χ1v) is 12.9. The van der Waals surface area contributed by atoms with E-state index in [9.17, 15) is 8.42 Å². The summed E-state index contributed by atoms with van der Waals surface area (Å²) in [5.41, 5.74) is 2.78. The van der Waals surface area contributed by atoms with E-state index >= 15 is 0 Å². The Labute approximate surface area is 204 Å². The zero-order valence-corrected chi connectivity index (χ0v) is 20.3. The lowest BCUT2D eigenvalue weighted by Gasteiger charge is -2.36. The van der Waals surface area contributed by atoms with Gasteiger partial charge in [0.1, 0.15) is 0 Å². The summed E-state index contributed by atoms with van der Waals surface area (Å²) in [5, 5.41) is 0.641. The van der Waals surface area contributed by atoms with Crippen molar-refractivity contribution in [1.82, 2.24) is 4.98 Å². The van der Waals surface area contributed by atoms with Crippen molar-refractivity contribution in [3.8, 4) is 11.5 Å². The molecule has 6 nitrogen and oxygen atoms in total. The fourth-order valence-corrected chi connectivity index (χ4v) is 5.68. The molecule has 0 spiro atoms. The van der Waals surface area contributed by atoms with Crippen molar-refractivity contribution in [2.24, 2.45) is 0 Å². The first-order valence-electron chi connectivity index (χ1n) is 11.1. The average molecular weight is 494 g/mol. The lowest BCUT2D eigenvalue weighted by Crippen LogP contribution is -2.46. The number of benzene rings is 3. The number of nitrogens with zero attached hydrogens (tertiary/aromatic N) is 3. The fourth-order valence-electron chi connectivity index (χ4n) is 4.15. The Morgan fingerprint density at radius 1 is 0.853 bits per heavy atom. The maximum atomic E-state index is 13.6. The highest BCUT2D eigenvalue weighted by Crippen LogP contribution is 2.36. The summed E-state index contributed by atoms with van der Waals surface area (Å²) < 4.78 is 33.3. The van der Waals surface area contributed by atoms with E-state index in [2.05, 4.69) is 9.88 Å². The molecule has 0 radical (unpaired) electrons. The largest absolute Gasteiger partial charge is 0.419 e. The van der Waals surface area contributed by atoms with Crippen LogP contribution in [0.4, 0.5) is 11.6 Å². The fraction of sp³-hybridized carbons (Fsp3) is 0.192. The molecule has 0 N–H and O–H groups in total. The lowest BCUT2D eigenvalue weighted by atomic mass is 10.1. The van der Waals surface area contributed by atoms with E-state index in [1.54, 1.807) is 30.3 Å². The number of oxazole rings is 1. The van der Waals surface area contributed by atoms with Crippen molar-refractivity contribution in [2.75, 3.05) is 36.0 Å². The molecule has 0 amide bonds. The van der Waals surface area contributed by atoms with E-state index in [-0.39, 0.29) is 15.8 Å². The van der Waals surface area contributed by atoms with Crippen LogP contribution in [-0.4, -0.2) is 39.6 Å². The van der Waals surface area contributed by atoms with Crippen molar-refractivity contribution >= 4 is 33.0 Å². The maximum absolute atomic E-state index is 13.6. The Balaban J connectivity index is 1.52. The van der Waals surface area contributed by atoms with Gasteiger partial charge in [0.2, 0.25) is 26.6 Å². The van der Waals surface area contributed by atoms with Gasteiger partial charge in [-0.1, -0.05) is 54.1 Å². The van der Waals surface area contributed by atoms with Gasteiger partial charge in [0.25, 0.3) is 0 Å². The van der Waals surface area contributed by atoms with Crippen LogP contribution in [0, 0.1) is 6.92 Å². The summed E-state index contributed by atoms with van der Waals surface area (Å²) in [6, 6.07) is 23.8. The van der Waals surface area contributed by atoms with Crippen LogP contribution in [-0.2, 0) is 9.84 Å². The molecule has 1 fully saturated rings. The minimum absolute atomic E-state index is 0.0480. The average Bonchev–Trinajstić information content (AvgIpc) is 3.31. The minimum Gasteiger partial charge on any atom is -0.419 e. The maximum Gasteiger partial charge on any atom is 0.236 e. The van der Waals surface area contributed by atoms with E-state index in [0.29, 0.717) is 37.1 Å². The summed E-state index contributed by atoms with van der Waals surface area (Å²) in [6.07, 6.45) is 0. The molecule has 1 aliphatic rings. The van der Waals surface area contributed by atoms with Gasteiger partial charge in [-0.05, 0) is 48.9 Å². The van der Waals surface area contributed by atoms with Crippen LogP contribution < -0.4 is 9.80 Å². The molecule has 34 heavy (non-hydrogen) atoms. The second-order valence-corrected chi connectivity index (χ2v) is 10.5. The van der Waals surface area contributed by atoms with Crippen LogP contribution in [0.3, 0.4) is 0 Å². The van der Waals surface area contributed by atoms with Crippen LogP contribution >= 0.6 is 11.6 Å². The summed E-state index contributed by atoms with van der Waals surface area (Å²) in [4.78, 5) is 8.91. The lowest BCUT2D eigenvalue weighted by molar-refractivity contribution is 0.525. The SMILES string of the molecule is Cc1ccccc1-c1nc(S(=O)(=O)c2ccccc2)c(N2CCN(c3cccc(Cl)c3)CC2)o1. The highest BCUT2D eigenvalue weighted by molar-refractivity contribution is 7.91. The smallest absolute Gasteiger partial charge is 0.236 e. The molecule has 2 heterocycles. The number of sulfone groups is 1. The Hall–Kier alpha value is -3.29. The first kappa shape index (κ1) is 22.5. The molecule has 8 heteroatoms. The van der Waals surface area contributed by atoms with E-state index < -0.39 is 9.84 Å². The van der Waals surface area contributed by atoms with Gasteiger partial charge >= 0.3 is 0 Å². The molecule has 1 saturated heterocycles. The third-order valence-corrected chi connectivity index (χ3v) is 7.91. The zero-order chi connectivity index (χ0) is 23.7. The van der Waals surface area contributed by atoms with Crippen LogP contribution in [0.25, 0.3) is 11.5 Å². The predicted molar refractivity (Wildman–Crippen MR) is 134 cm³/mol. The highest BCUT2D eigenvalue weighted by atomic mass is 35.5. The summed E-state index contributed by atoms with van der Waals surface area (Å²) in [6.45, 7) is 4.53. The molecule has 0 unspecified atom stereocenters. The van der Waals surface area contributed by atoms with Gasteiger partial charge < -0.3 is 14.2 Å². The first-order chi connectivity index (χ1) is 16.4. The molecular formula is C26H24ClN3O3S. The molecule has 0 saturated carbocycles. The Kier molecular flexibility index (Phi) is 6.06. The number of hydrogen-bond donors (Lipinski definition) is 0. The molecule has 174 valence electrons. The molecule has 0 atom stereocenters. The van der Waals surface area contributed by atoms with Crippen molar-refractivity contribution in [3.05, 3.63) is 89.4 Å². The molecule has 1 aromatic heterocycles. The number of rotatable bonds is 5. The normalized spacial score (nSPS) is 14.4. The Morgan fingerprint density at radius 3 is 2.24 bits per heavy atom. The second kappa shape index (κ2) is 9.16. The molecule has 0 aliphatic carbocycles. The molecule has 3 aromatic carbocycles. The number of piperazine rings is 1. The number of aryl methyl sites for hydroxylation is 1. The number of halogens is 1. The van der Waals surface area contributed by atoms with E-state index in [0.717, 1.165) is 16.8 Å². The van der Waals surface area contributed by atoms with Crippen LogP contribution in [0.15, 0.2) is 93.2 Å². The van der Waals surface area contributed by atoms with Crippen LogP contribution in [0.1, 0.15) is 5.56 Å². The topological polar surface area (TPSA) is 66.7 Å². The van der Waals surface area contributed by atoms with Crippen molar-refractivity contribution in [3.63, 3.8) is 0 Å². The summed E-state index contributed by atoms with van der Waals surface area (Å²) in [7, 11) is -3.87. The standard InChI is InChI=1S/C26H24ClN3O3S/c1-19-8-5-6-13-23(19)24-28-25(34(31,32)22-11-3-2-4-12-22)26(33-24)30-16-14-29(15-17-30)21-10-7-9-20(27)18-21/h2-13,18H,14-17H2,1H3. The Morgan fingerprint density at radius 2 is 1.53 bits per heavy atom. The minimum atomic E-state index is -3.87. The van der Waals surface area contributed by atoms with Crippen molar-refractivity contribution in [1.29, 1.82) is 0 Å². The van der Waals surface area contributed by atoms with E-state index in [1.807, 2.05) is 60.4 Å². The molecule has 5 rings (SSSR count). The highest BCUT2D eigenvalue weighted by Gasteiger charge is 2.33. The predicted octanol–water partition coefficient (Wildman–Crippen LogP) is 5.46. The van der Waals surface area contributed by atoms with Crippen molar-refractivity contribution < 1.29 is 12.8 Å². The van der Waals surface area contributed by atoms with Crippen molar-refractivity contribution in [2.45, 2.75) is 16.8 Å². The Bertz CT molecular complexity index is 1410. The van der Waals surface area contributed by atoms with Gasteiger partial charge in [-0.3, -0.25) is 0 Å². The molecule has 1 aliphatic heterocycles. The van der Waals surface area contributed by atoms with E-state index in [4.69, 9.17) is 16.0 Å². The zero-order valence-electron chi connectivity index (χ0n) is 18.7. The quantitative estimate of drug-likeness (QED) is 0.367. The third kappa shape index (κ3) is 4.29. The summed E-state index contributed by atoms with van der Waals surface area (Å²) >= 11 is 6.16.